The molecule has 5 rings (SSSR count). The number of amides is 1. The lowest BCUT2D eigenvalue weighted by Gasteiger charge is -2.34. The molecule has 3 heterocycles. The Bertz CT molecular complexity index is 686. The van der Waals surface area contributed by atoms with Gasteiger partial charge in [-0.25, -0.2) is 9.97 Å². The van der Waals surface area contributed by atoms with E-state index in [1.54, 1.807) is 0 Å². The SMILES string of the molecule is O=C(CC1CC1)N1CC[C@]2(COCc3cnc(NCC4CC4)nc32)C1. The smallest absolute Gasteiger partial charge is 0.222 e. The maximum Gasteiger partial charge on any atom is 0.222 e. The van der Waals surface area contributed by atoms with Gasteiger partial charge >= 0.3 is 0 Å². The van der Waals surface area contributed by atoms with Gasteiger partial charge in [-0.05, 0) is 43.9 Å². The topological polar surface area (TPSA) is 67.4 Å². The maximum atomic E-state index is 12.5. The quantitative estimate of drug-likeness (QED) is 0.887. The van der Waals surface area contributed by atoms with E-state index in [1.807, 2.05) is 11.1 Å². The second-order valence-electron chi connectivity index (χ2n) is 8.38. The molecule has 0 aromatic carbocycles. The molecule has 1 atom stereocenters. The monoisotopic (exact) mass is 342 g/mol. The largest absolute Gasteiger partial charge is 0.376 e. The number of aromatic nitrogens is 2. The lowest BCUT2D eigenvalue weighted by molar-refractivity contribution is -0.130. The van der Waals surface area contributed by atoms with Gasteiger partial charge in [-0.15, -0.1) is 0 Å². The van der Waals surface area contributed by atoms with Gasteiger partial charge in [-0.1, -0.05) is 0 Å². The van der Waals surface area contributed by atoms with Crippen LogP contribution in [0, 0.1) is 11.8 Å². The van der Waals surface area contributed by atoms with E-state index in [2.05, 4.69) is 10.3 Å². The molecule has 2 saturated carbocycles. The molecule has 134 valence electrons. The third-order valence-electron chi connectivity index (χ3n) is 6.12. The van der Waals surface area contributed by atoms with Gasteiger partial charge in [0.05, 0.1) is 24.3 Å². The fourth-order valence-corrected chi connectivity index (χ4v) is 4.13. The molecule has 25 heavy (non-hydrogen) atoms. The van der Waals surface area contributed by atoms with Crippen molar-refractivity contribution >= 4 is 11.9 Å². The van der Waals surface area contributed by atoms with E-state index in [-0.39, 0.29) is 5.41 Å². The van der Waals surface area contributed by atoms with Crippen molar-refractivity contribution in [2.45, 2.75) is 50.5 Å². The van der Waals surface area contributed by atoms with Gasteiger partial charge in [0, 0.05) is 37.8 Å². The molecule has 2 aliphatic heterocycles. The molecular weight excluding hydrogens is 316 g/mol. The average molecular weight is 342 g/mol. The van der Waals surface area contributed by atoms with E-state index in [0.29, 0.717) is 25.0 Å². The van der Waals surface area contributed by atoms with E-state index in [4.69, 9.17) is 9.72 Å². The Morgan fingerprint density at radius 1 is 1.32 bits per heavy atom. The van der Waals surface area contributed by atoms with E-state index in [0.717, 1.165) is 55.6 Å². The summed E-state index contributed by atoms with van der Waals surface area (Å²) in [7, 11) is 0. The molecule has 1 aromatic heterocycles. The lowest BCUT2D eigenvalue weighted by atomic mass is 9.80. The van der Waals surface area contributed by atoms with Gasteiger partial charge in [0.25, 0.3) is 0 Å². The average Bonchev–Trinajstić information content (AvgIpc) is 3.55. The highest BCUT2D eigenvalue weighted by Crippen LogP contribution is 2.40. The van der Waals surface area contributed by atoms with Crippen molar-refractivity contribution in [3.8, 4) is 0 Å². The number of rotatable bonds is 5. The first-order valence-corrected chi connectivity index (χ1v) is 9.68. The van der Waals surface area contributed by atoms with Crippen LogP contribution in [0.25, 0.3) is 0 Å². The summed E-state index contributed by atoms with van der Waals surface area (Å²) >= 11 is 0. The second kappa shape index (κ2) is 5.94. The first kappa shape index (κ1) is 15.6. The normalized spacial score (nSPS) is 28.2. The molecule has 0 radical (unpaired) electrons. The first-order chi connectivity index (χ1) is 12.2. The van der Waals surface area contributed by atoms with Crippen LogP contribution in [0.4, 0.5) is 5.95 Å². The van der Waals surface area contributed by atoms with E-state index >= 15 is 0 Å². The van der Waals surface area contributed by atoms with Crippen molar-refractivity contribution in [1.29, 1.82) is 0 Å². The van der Waals surface area contributed by atoms with Crippen LogP contribution in [0.15, 0.2) is 6.20 Å². The van der Waals surface area contributed by atoms with Crippen molar-refractivity contribution < 1.29 is 9.53 Å². The van der Waals surface area contributed by atoms with E-state index in [9.17, 15) is 4.79 Å². The minimum atomic E-state index is -0.147. The standard InChI is InChI=1S/C19H26N4O2/c24-16(7-13-1-2-13)23-6-5-19(11-23)12-25-10-15-9-21-18(22-17(15)19)20-8-14-3-4-14/h9,13-14H,1-8,10-12H2,(H,20,21,22)/t19-/m1/s1. The van der Waals surface area contributed by atoms with Crippen molar-refractivity contribution in [3.05, 3.63) is 17.5 Å². The molecular formula is C19H26N4O2. The zero-order valence-electron chi connectivity index (χ0n) is 14.7. The molecule has 1 saturated heterocycles. The van der Waals surface area contributed by atoms with Crippen molar-refractivity contribution in [1.82, 2.24) is 14.9 Å². The molecule has 1 N–H and O–H groups in total. The van der Waals surface area contributed by atoms with Crippen LogP contribution < -0.4 is 5.32 Å². The van der Waals surface area contributed by atoms with Crippen molar-refractivity contribution in [3.63, 3.8) is 0 Å². The summed E-state index contributed by atoms with van der Waals surface area (Å²) in [6.07, 6.45) is 8.64. The van der Waals surface area contributed by atoms with Crippen molar-refractivity contribution in [2.75, 3.05) is 31.6 Å². The number of ether oxygens (including phenoxy) is 1. The van der Waals surface area contributed by atoms with Gasteiger partial charge in [0.2, 0.25) is 11.9 Å². The molecule has 6 heteroatoms. The summed E-state index contributed by atoms with van der Waals surface area (Å²) in [6.45, 7) is 3.77. The maximum absolute atomic E-state index is 12.5. The number of hydrogen-bond acceptors (Lipinski definition) is 5. The Labute approximate surface area is 148 Å². The van der Waals surface area contributed by atoms with Crippen LogP contribution in [-0.2, 0) is 21.6 Å². The van der Waals surface area contributed by atoms with E-state index < -0.39 is 0 Å². The highest BCUT2D eigenvalue weighted by Gasteiger charge is 2.46. The zero-order chi connectivity index (χ0) is 16.9. The Morgan fingerprint density at radius 2 is 2.16 bits per heavy atom. The number of anilines is 1. The molecule has 6 nitrogen and oxygen atoms in total. The summed E-state index contributed by atoms with van der Waals surface area (Å²) in [5, 5.41) is 3.39. The number of likely N-dealkylation sites (tertiary alicyclic amines) is 1. The van der Waals surface area contributed by atoms with Gasteiger partial charge in [-0.3, -0.25) is 4.79 Å². The van der Waals surface area contributed by atoms with Crippen LogP contribution >= 0.6 is 0 Å². The molecule has 3 fully saturated rings. The highest BCUT2D eigenvalue weighted by atomic mass is 16.5. The first-order valence-electron chi connectivity index (χ1n) is 9.68. The van der Waals surface area contributed by atoms with Gasteiger partial charge in [0.1, 0.15) is 0 Å². The van der Waals surface area contributed by atoms with Crippen LogP contribution in [0.5, 0.6) is 0 Å². The van der Waals surface area contributed by atoms with Gasteiger partial charge in [-0.2, -0.15) is 0 Å². The number of carbonyl (C=O) groups is 1. The molecule has 1 aromatic rings. The minimum Gasteiger partial charge on any atom is -0.376 e. The Balaban J connectivity index is 1.35. The molecule has 1 spiro atoms. The predicted molar refractivity (Wildman–Crippen MR) is 93.1 cm³/mol. The molecule has 1 amide bonds. The highest BCUT2D eigenvalue weighted by molar-refractivity contribution is 5.77. The van der Waals surface area contributed by atoms with Gasteiger partial charge in [0.15, 0.2) is 0 Å². The number of fused-ring (bicyclic) bond motifs is 2. The fraction of sp³-hybridized carbons (Fsp3) is 0.737. The van der Waals surface area contributed by atoms with Crippen molar-refractivity contribution in [2.24, 2.45) is 11.8 Å². The summed E-state index contributed by atoms with van der Waals surface area (Å²) in [5.41, 5.74) is 2.04. The summed E-state index contributed by atoms with van der Waals surface area (Å²) in [6, 6.07) is 0. The molecule has 2 aliphatic carbocycles. The van der Waals surface area contributed by atoms with E-state index in [1.165, 1.54) is 25.7 Å². The number of nitrogens with zero attached hydrogens (tertiary/aromatic N) is 3. The number of nitrogens with one attached hydrogen (secondary N) is 1. The summed E-state index contributed by atoms with van der Waals surface area (Å²) < 4.78 is 5.86. The minimum absolute atomic E-state index is 0.147. The summed E-state index contributed by atoms with van der Waals surface area (Å²) in [4.78, 5) is 23.9. The second-order valence-corrected chi connectivity index (χ2v) is 8.38. The number of carbonyl (C=O) groups excluding carboxylic acids is 1. The van der Waals surface area contributed by atoms with Gasteiger partial charge < -0.3 is 15.0 Å². The van der Waals surface area contributed by atoms with Crippen LogP contribution in [0.3, 0.4) is 0 Å². The third-order valence-corrected chi connectivity index (χ3v) is 6.12. The van der Waals surface area contributed by atoms with Crippen LogP contribution in [0.2, 0.25) is 0 Å². The predicted octanol–water partition coefficient (Wildman–Crippen LogP) is 2.10. The molecule has 0 unspecified atom stereocenters. The zero-order valence-corrected chi connectivity index (χ0v) is 14.7. The van der Waals surface area contributed by atoms with Crippen LogP contribution in [-0.4, -0.2) is 47.0 Å². The fourth-order valence-electron chi connectivity index (χ4n) is 4.13. The third kappa shape index (κ3) is 3.12. The lowest BCUT2D eigenvalue weighted by Crippen LogP contribution is -2.41. The van der Waals surface area contributed by atoms with Crippen LogP contribution in [0.1, 0.15) is 49.8 Å². The molecule has 0 bridgehead atoms. The summed E-state index contributed by atoms with van der Waals surface area (Å²) in [5.74, 6) is 2.47. The Morgan fingerprint density at radius 3 is 2.96 bits per heavy atom. The number of hydrogen-bond donors (Lipinski definition) is 1. The molecule has 4 aliphatic rings. The Hall–Kier alpha value is -1.69. The Kier molecular flexibility index (Phi) is 3.69.